The van der Waals surface area contributed by atoms with Gasteiger partial charge < -0.3 is 14.4 Å². The number of nitrogens with zero attached hydrogens (tertiary/aromatic N) is 1. The Morgan fingerprint density at radius 3 is 2.85 bits per heavy atom. The van der Waals surface area contributed by atoms with Crippen LogP contribution in [0.15, 0.2) is 0 Å². The number of likely N-dealkylation sites (N-methyl/N-ethyl adjacent to an activating group) is 1. The summed E-state index contributed by atoms with van der Waals surface area (Å²) >= 11 is 0. The standard InChI is InChI=1S/C10H21NO2/c1-4-10(5-7-12-3)9-11(2)6-8-13-10/h4-9H2,1-3H3. The van der Waals surface area contributed by atoms with Crippen molar-refractivity contribution < 1.29 is 9.47 Å². The summed E-state index contributed by atoms with van der Waals surface area (Å²) in [6, 6.07) is 0. The minimum Gasteiger partial charge on any atom is -0.385 e. The molecule has 3 heteroatoms. The Balaban J connectivity index is 2.46. The lowest BCUT2D eigenvalue weighted by Crippen LogP contribution is -2.50. The van der Waals surface area contributed by atoms with Crippen molar-refractivity contribution >= 4 is 0 Å². The first kappa shape index (κ1) is 11.0. The van der Waals surface area contributed by atoms with Gasteiger partial charge in [0.1, 0.15) is 0 Å². The highest BCUT2D eigenvalue weighted by Gasteiger charge is 2.33. The first-order valence-electron chi connectivity index (χ1n) is 5.04. The quantitative estimate of drug-likeness (QED) is 0.658. The molecule has 1 saturated heterocycles. The van der Waals surface area contributed by atoms with Gasteiger partial charge in [-0.05, 0) is 13.5 Å². The Hall–Kier alpha value is -0.120. The summed E-state index contributed by atoms with van der Waals surface area (Å²) in [7, 11) is 3.90. The Morgan fingerprint density at radius 1 is 1.54 bits per heavy atom. The van der Waals surface area contributed by atoms with E-state index in [2.05, 4.69) is 18.9 Å². The van der Waals surface area contributed by atoms with E-state index in [0.717, 1.165) is 39.1 Å². The molecule has 0 radical (unpaired) electrons. The van der Waals surface area contributed by atoms with Crippen LogP contribution in [0.25, 0.3) is 0 Å². The van der Waals surface area contributed by atoms with Gasteiger partial charge in [-0.1, -0.05) is 6.92 Å². The predicted molar refractivity (Wildman–Crippen MR) is 53.0 cm³/mol. The molecule has 0 saturated carbocycles. The van der Waals surface area contributed by atoms with Gasteiger partial charge in [-0.3, -0.25) is 0 Å². The minimum atomic E-state index is 0.0447. The molecule has 1 aliphatic rings. The minimum absolute atomic E-state index is 0.0447. The summed E-state index contributed by atoms with van der Waals surface area (Å²) < 4.78 is 11.0. The zero-order chi connectivity index (χ0) is 9.73. The zero-order valence-electron chi connectivity index (χ0n) is 9.01. The molecule has 0 N–H and O–H groups in total. The number of rotatable bonds is 4. The molecular formula is C10H21NO2. The smallest absolute Gasteiger partial charge is 0.0828 e. The van der Waals surface area contributed by atoms with Crippen LogP contribution < -0.4 is 0 Å². The third kappa shape index (κ3) is 2.93. The summed E-state index contributed by atoms with van der Waals surface area (Å²) in [5, 5.41) is 0. The summed E-state index contributed by atoms with van der Waals surface area (Å²) in [6.07, 6.45) is 2.07. The van der Waals surface area contributed by atoms with Crippen molar-refractivity contribution in [2.75, 3.05) is 40.5 Å². The third-order valence-electron chi connectivity index (χ3n) is 2.85. The van der Waals surface area contributed by atoms with Crippen molar-refractivity contribution in [3.63, 3.8) is 0 Å². The van der Waals surface area contributed by atoms with Crippen molar-refractivity contribution in [3.8, 4) is 0 Å². The van der Waals surface area contributed by atoms with Crippen LogP contribution in [0.4, 0.5) is 0 Å². The second kappa shape index (κ2) is 4.94. The molecular weight excluding hydrogens is 166 g/mol. The lowest BCUT2D eigenvalue weighted by molar-refractivity contribution is -0.116. The van der Waals surface area contributed by atoms with E-state index in [9.17, 15) is 0 Å². The Bertz CT molecular complexity index is 152. The molecule has 0 bridgehead atoms. The maximum atomic E-state index is 5.87. The number of ether oxygens (including phenoxy) is 2. The van der Waals surface area contributed by atoms with Gasteiger partial charge in [-0.2, -0.15) is 0 Å². The highest BCUT2D eigenvalue weighted by atomic mass is 16.5. The van der Waals surface area contributed by atoms with Crippen LogP contribution >= 0.6 is 0 Å². The lowest BCUT2D eigenvalue weighted by Gasteiger charge is -2.41. The number of methoxy groups -OCH3 is 1. The fraction of sp³-hybridized carbons (Fsp3) is 1.00. The van der Waals surface area contributed by atoms with E-state index >= 15 is 0 Å². The molecule has 0 aromatic rings. The Labute approximate surface area is 81.0 Å². The highest BCUT2D eigenvalue weighted by molar-refractivity contribution is 4.85. The number of morpholine rings is 1. The van der Waals surface area contributed by atoms with Gasteiger partial charge in [0, 0.05) is 33.2 Å². The van der Waals surface area contributed by atoms with Crippen molar-refractivity contribution in [2.45, 2.75) is 25.4 Å². The molecule has 1 heterocycles. The molecule has 78 valence electrons. The average Bonchev–Trinajstić information content (AvgIpc) is 2.15. The van der Waals surface area contributed by atoms with E-state index < -0.39 is 0 Å². The molecule has 3 nitrogen and oxygen atoms in total. The van der Waals surface area contributed by atoms with E-state index in [1.165, 1.54) is 0 Å². The summed E-state index contributed by atoms with van der Waals surface area (Å²) in [6.45, 7) is 5.92. The van der Waals surface area contributed by atoms with Crippen LogP contribution in [0.1, 0.15) is 19.8 Å². The zero-order valence-corrected chi connectivity index (χ0v) is 9.01. The maximum absolute atomic E-state index is 5.87. The Kier molecular flexibility index (Phi) is 4.16. The molecule has 0 spiro atoms. The Morgan fingerprint density at radius 2 is 2.31 bits per heavy atom. The van der Waals surface area contributed by atoms with Crippen LogP contribution in [0.5, 0.6) is 0 Å². The maximum Gasteiger partial charge on any atom is 0.0828 e. The van der Waals surface area contributed by atoms with Crippen molar-refractivity contribution in [1.82, 2.24) is 4.90 Å². The first-order valence-corrected chi connectivity index (χ1v) is 5.04. The van der Waals surface area contributed by atoms with Gasteiger partial charge in [0.25, 0.3) is 0 Å². The van der Waals surface area contributed by atoms with Crippen molar-refractivity contribution in [1.29, 1.82) is 0 Å². The molecule has 1 rings (SSSR count). The lowest BCUT2D eigenvalue weighted by atomic mass is 9.94. The second-order valence-electron chi connectivity index (χ2n) is 3.87. The van der Waals surface area contributed by atoms with Crippen LogP contribution in [-0.4, -0.2) is 51.0 Å². The molecule has 13 heavy (non-hydrogen) atoms. The molecule has 0 aliphatic carbocycles. The van der Waals surface area contributed by atoms with E-state index in [0.29, 0.717) is 0 Å². The molecule has 1 fully saturated rings. The summed E-state index contributed by atoms with van der Waals surface area (Å²) in [5.74, 6) is 0. The monoisotopic (exact) mass is 187 g/mol. The van der Waals surface area contributed by atoms with Gasteiger partial charge in [-0.25, -0.2) is 0 Å². The van der Waals surface area contributed by atoms with Gasteiger partial charge >= 0.3 is 0 Å². The molecule has 1 atom stereocenters. The molecule has 1 unspecified atom stereocenters. The largest absolute Gasteiger partial charge is 0.385 e. The third-order valence-corrected chi connectivity index (χ3v) is 2.85. The van der Waals surface area contributed by atoms with Crippen LogP contribution in [0, 0.1) is 0 Å². The van der Waals surface area contributed by atoms with E-state index in [1.807, 2.05) is 0 Å². The first-order chi connectivity index (χ1) is 6.22. The fourth-order valence-corrected chi connectivity index (χ4v) is 1.86. The molecule has 1 aliphatic heterocycles. The van der Waals surface area contributed by atoms with Crippen molar-refractivity contribution in [3.05, 3.63) is 0 Å². The average molecular weight is 187 g/mol. The van der Waals surface area contributed by atoms with E-state index in [1.54, 1.807) is 7.11 Å². The summed E-state index contributed by atoms with van der Waals surface area (Å²) in [4.78, 5) is 2.34. The van der Waals surface area contributed by atoms with Crippen molar-refractivity contribution in [2.24, 2.45) is 0 Å². The SMILES string of the molecule is CCC1(CCOC)CN(C)CCO1. The number of hydrogen-bond donors (Lipinski definition) is 0. The molecule has 0 aromatic heterocycles. The van der Waals surface area contributed by atoms with Crippen LogP contribution in [0.3, 0.4) is 0 Å². The second-order valence-corrected chi connectivity index (χ2v) is 3.87. The normalized spacial score (nSPS) is 30.7. The molecule has 0 amide bonds. The molecule has 0 aromatic carbocycles. The number of hydrogen-bond acceptors (Lipinski definition) is 3. The summed E-state index contributed by atoms with van der Waals surface area (Å²) in [5.41, 5.74) is 0.0447. The van der Waals surface area contributed by atoms with Gasteiger partial charge in [0.15, 0.2) is 0 Å². The van der Waals surface area contributed by atoms with E-state index in [-0.39, 0.29) is 5.60 Å². The van der Waals surface area contributed by atoms with Crippen LogP contribution in [0.2, 0.25) is 0 Å². The topological polar surface area (TPSA) is 21.7 Å². The predicted octanol–water partition coefficient (Wildman–Crippen LogP) is 1.13. The van der Waals surface area contributed by atoms with Crippen LogP contribution in [-0.2, 0) is 9.47 Å². The van der Waals surface area contributed by atoms with E-state index in [4.69, 9.17) is 9.47 Å². The van der Waals surface area contributed by atoms with Gasteiger partial charge in [-0.15, -0.1) is 0 Å². The highest BCUT2D eigenvalue weighted by Crippen LogP contribution is 2.24. The van der Waals surface area contributed by atoms with Gasteiger partial charge in [0.2, 0.25) is 0 Å². The fourth-order valence-electron chi connectivity index (χ4n) is 1.86. The van der Waals surface area contributed by atoms with Gasteiger partial charge in [0.05, 0.1) is 12.2 Å².